The van der Waals surface area contributed by atoms with Crippen molar-refractivity contribution in [3.05, 3.63) is 35.9 Å². The summed E-state index contributed by atoms with van der Waals surface area (Å²) in [4.78, 5) is 23.5. The van der Waals surface area contributed by atoms with Crippen molar-refractivity contribution in [2.24, 2.45) is 0 Å². The van der Waals surface area contributed by atoms with E-state index in [1.807, 2.05) is 39.0 Å². The van der Waals surface area contributed by atoms with Crippen molar-refractivity contribution < 1.29 is 14.3 Å². The van der Waals surface area contributed by atoms with Gasteiger partial charge in [-0.15, -0.1) is 0 Å². The van der Waals surface area contributed by atoms with Crippen LogP contribution in [0.2, 0.25) is 0 Å². The summed E-state index contributed by atoms with van der Waals surface area (Å²) in [6, 6.07) is 10.3. The zero-order chi connectivity index (χ0) is 17.6. The molecule has 1 aliphatic rings. The van der Waals surface area contributed by atoms with E-state index in [9.17, 15) is 9.59 Å². The van der Waals surface area contributed by atoms with E-state index in [2.05, 4.69) is 22.8 Å². The van der Waals surface area contributed by atoms with Crippen molar-refractivity contribution in [1.29, 1.82) is 0 Å². The van der Waals surface area contributed by atoms with Crippen molar-refractivity contribution >= 4 is 12.0 Å². The van der Waals surface area contributed by atoms with Gasteiger partial charge in [0.05, 0.1) is 0 Å². The van der Waals surface area contributed by atoms with Gasteiger partial charge >= 0.3 is 6.09 Å². The molecule has 0 aromatic heterocycles. The molecule has 5 heteroatoms. The number of nitrogens with one attached hydrogen (secondary N) is 2. The number of alkyl carbamates (subject to hydrolysis) is 1. The minimum atomic E-state index is -0.503. The van der Waals surface area contributed by atoms with Crippen LogP contribution < -0.4 is 10.6 Å². The Balaban J connectivity index is 1.62. The minimum Gasteiger partial charge on any atom is -0.444 e. The zero-order valence-electron chi connectivity index (χ0n) is 14.9. The Hall–Kier alpha value is -2.04. The van der Waals surface area contributed by atoms with Gasteiger partial charge < -0.3 is 15.4 Å². The molecule has 0 atom stereocenters. The van der Waals surface area contributed by atoms with E-state index in [-0.39, 0.29) is 11.3 Å². The van der Waals surface area contributed by atoms with Gasteiger partial charge in [0.25, 0.3) is 0 Å². The van der Waals surface area contributed by atoms with E-state index < -0.39 is 11.7 Å². The number of rotatable bonds is 7. The van der Waals surface area contributed by atoms with Crippen LogP contribution in [0.5, 0.6) is 0 Å². The number of hydrogen-bond donors (Lipinski definition) is 2. The van der Waals surface area contributed by atoms with Gasteiger partial charge in [-0.2, -0.15) is 0 Å². The fraction of sp³-hybridized carbons (Fsp3) is 0.579. The normalized spacial score (nSPS) is 15.5. The summed E-state index contributed by atoms with van der Waals surface area (Å²) in [6.45, 7) is 6.59. The maximum absolute atomic E-state index is 12.0. The fourth-order valence-corrected chi connectivity index (χ4v) is 2.62. The van der Waals surface area contributed by atoms with Gasteiger partial charge in [-0.05, 0) is 45.6 Å². The number of amides is 2. The van der Waals surface area contributed by atoms with Gasteiger partial charge in [-0.3, -0.25) is 4.79 Å². The van der Waals surface area contributed by atoms with Gasteiger partial charge in [-0.1, -0.05) is 30.3 Å². The molecule has 0 aliphatic heterocycles. The first kappa shape index (κ1) is 18.3. The lowest BCUT2D eigenvalue weighted by Gasteiger charge is -2.19. The van der Waals surface area contributed by atoms with Crippen LogP contribution in [0.3, 0.4) is 0 Å². The number of benzene rings is 1. The molecule has 2 N–H and O–H groups in total. The molecule has 2 amide bonds. The van der Waals surface area contributed by atoms with E-state index in [0.717, 1.165) is 12.8 Å². The maximum atomic E-state index is 12.0. The van der Waals surface area contributed by atoms with E-state index >= 15 is 0 Å². The molecule has 5 nitrogen and oxygen atoms in total. The Morgan fingerprint density at radius 1 is 1.12 bits per heavy atom. The van der Waals surface area contributed by atoms with Crippen molar-refractivity contribution in [2.75, 3.05) is 13.1 Å². The third-order valence-corrected chi connectivity index (χ3v) is 4.11. The van der Waals surface area contributed by atoms with E-state index in [0.29, 0.717) is 25.9 Å². The summed E-state index contributed by atoms with van der Waals surface area (Å²) >= 11 is 0. The fourth-order valence-electron chi connectivity index (χ4n) is 2.62. The van der Waals surface area contributed by atoms with E-state index in [4.69, 9.17) is 4.74 Å². The summed E-state index contributed by atoms with van der Waals surface area (Å²) in [7, 11) is 0. The van der Waals surface area contributed by atoms with Gasteiger partial charge in [0, 0.05) is 24.9 Å². The molecule has 1 fully saturated rings. The van der Waals surface area contributed by atoms with Crippen LogP contribution in [0, 0.1) is 0 Å². The van der Waals surface area contributed by atoms with Crippen LogP contribution in [0.15, 0.2) is 30.3 Å². The largest absolute Gasteiger partial charge is 0.444 e. The Kier molecular flexibility index (Phi) is 5.86. The first-order chi connectivity index (χ1) is 11.3. The molecule has 1 aliphatic carbocycles. The Bertz CT molecular complexity index is 560. The second-order valence-electron chi connectivity index (χ2n) is 7.46. The Labute approximate surface area is 144 Å². The molecule has 0 unspecified atom stereocenters. The highest BCUT2D eigenvalue weighted by Crippen LogP contribution is 2.47. The van der Waals surface area contributed by atoms with Crippen molar-refractivity contribution in [1.82, 2.24) is 10.6 Å². The highest BCUT2D eigenvalue weighted by Gasteiger charge is 2.44. The molecule has 0 heterocycles. The summed E-state index contributed by atoms with van der Waals surface area (Å²) in [6.07, 6.45) is 2.81. The molecule has 1 aromatic carbocycles. The minimum absolute atomic E-state index is 0.0307. The van der Waals surface area contributed by atoms with Gasteiger partial charge in [0.15, 0.2) is 0 Å². The second kappa shape index (κ2) is 7.69. The molecule has 0 saturated heterocycles. The van der Waals surface area contributed by atoms with Crippen LogP contribution in [-0.4, -0.2) is 30.7 Å². The van der Waals surface area contributed by atoms with Crippen LogP contribution in [0.1, 0.15) is 52.0 Å². The molecular weight excluding hydrogens is 304 g/mol. The van der Waals surface area contributed by atoms with Crippen molar-refractivity contribution in [3.8, 4) is 0 Å². The number of carbonyl (C=O) groups is 2. The predicted molar refractivity (Wildman–Crippen MR) is 93.8 cm³/mol. The second-order valence-corrected chi connectivity index (χ2v) is 7.46. The smallest absolute Gasteiger partial charge is 0.407 e. The number of ether oxygens (including phenoxy) is 1. The zero-order valence-corrected chi connectivity index (χ0v) is 14.9. The SMILES string of the molecule is CC(C)(C)OC(=O)NCCCC(=O)NCC1(c2ccccc2)CC1. The van der Waals surface area contributed by atoms with Gasteiger partial charge in [0.1, 0.15) is 5.60 Å². The lowest BCUT2D eigenvalue weighted by atomic mass is 9.96. The van der Waals surface area contributed by atoms with E-state index in [1.165, 1.54) is 5.56 Å². The third-order valence-electron chi connectivity index (χ3n) is 4.11. The highest BCUT2D eigenvalue weighted by molar-refractivity contribution is 5.76. The van der Waals surface area contributed by atoms with Gasteiger partial charge in [0.2, 0.25) is 5.91 Å². The molecule has 1 saturated carbocycles. The Morgan fingerprint density at radius 3 is 2.38 bits per heavy atom. The summed E-state index contributed by atoms with van der Waals surface area (Å²) in [5.74, 6) is 0.0307. The maximum Gasteiger partial charge on any atom is 0.407 e. The molecular formula is C19H28N2O3. The molecule has 0 bridgehead atoms. The van der Waals surface area contributed by atoms with Crippen LogP contribution >= 0.6 is 0 Å². The average Bonchev–Trinajstić information content (AvgIpc) is 3.30. The molecule has 1 aromatic rings. The van der Waals surface area contributed by atoms with Crippen LogP contribution in [0.4, 0.5) is 4.79 Å². The predicted octanol–water partition coefficient (Wildman–Crippen LogP) is 3.14. The standard InChI is InChI=1S/C19H28N2O3/c1-18(2,3)24-17(23)20-13-7-10-16(22)21-14-19(11-12-19)15-8-5-4-6-9-15/h4-6,8-9H,7,10-14H2,1-3H3,(H,20,23)(H,21,22). The van der Waals surface area contributed by atoms with Crippen molar-refractivity contribution in [2.45, 2.75) is 57.5 Å². The van der Waals surface area contributed by atoms with Gasteiger partial charge in [-0.25, -0.2) is 4.79 Å². The van der Waals surface area contributed by atoms with Crippen LogP contribution in [0.25, 0.3) is 0 Å². The quantitative estimate of drug-likeness (QED) is 0.754. The molecule has 0 spiro atoms. The Morgan fingerprint density at radius 2 is 1.79 bits per heavy atom. The highest BCUT2D eigenvalue weighted by atomic mass is 16.6. The molecule has 2 rings (SSSR count). The monoisotopic (exact) mass is 332 g/mol. The summed E-state index contributed by atoms with van der Waals surface area (Å²) in [5, 5.41) is 5.69. The summed E-state index contributed by atoms with van der Waals surface area (Å²) in [5.41, 5.74) is 0.931. The van der Waals surface area contributed by atoms with Crippen molar-refractivity contribution in [3.63, 3.8) is 0 Å². The number of hydrogen-bond acceptors (Lipinski definition) is 3. The average molecular weight is 332 g/mol. The van der Waals surface area contributed by atoms with Crippen LogP contribution in [-0.2, 0) is 14.9 Å². The first-order valence-electron chi connectivity index (χ1n) is 8.60. The topological polar surface area (TPSA) is 67.4 Å². The molecule has 24 heavy (non-hydrogen) atoms. The lowest BCUT2D eigenvalue weighted by molar-refractivity contribution is -0.121. The lowest BCUT2D eigenvalue weighted by Crippen LogP contribution is -2.34. The molecule has 132 valence electrons. The third kappa shape index (κ3) is 5.87. The molecule has 0 radical (unpaired) electrons. The number of carbonyl (C=O) groups excluding carboxylic acids is 2. The first-order valence-corrected chi connectivity index (χ1v) is 8.60. The summed E-state index contributed by atoms with van der Waals surface area (Å²) < 4.78 is 5.14. The van der Waals surface area contributed by atoms with E-state index in [1.54, 1.807) is 0 Å².